The molecule has 0 radical (unpaired) electrons. The maximum Gasteiger partial charge on any atom is 0.519 e. The zero-order valence-electron chi connectivity index (χ0n) is 16.0. The maximum absolute atomic E-state index is 12.5. The second kappa shape index (κ2) is 7.04. The second-order valence-corrected chi connectivity index (χ2v) is 6.86. The third-order valence-electron chi connectivity index (χ3n) is 5.17. The molecule has 30 heavy (non-hydrogen) atoms. The summed E-state index contributed by atoms with van der Waals surface area (Å²) in [6.45, 7) is 0. The van der Waals surface area contributed by atoms with Gasteiger partial charge in [-0.3, -0.25) is 0 Å². The number of hydrogen-bond donors (Lipinski definition) is 0. The molecule has 0 amide bonds. The maximum atomic E-state index is 12.5. The molecule has 0 aliphatic carbocycles. The number of hydrogen-bond acceptors (Lipinski definition) is 5. The summed E-state index contributed by atoms with van der Waals surface area (Å²) in [5, 5.41) is 6.28. The largest absolute Gasteiger partial charge is 0.519 e. The van der Waals surface area contributed by atoms with E-state index < -0.39 is 12.1 Å². The Morgan fingerprint density at radius 3 is 2.03 bits per heavy atom. The van der Waals surface area contributed by atoms with Crippen molar-refractivity contribution in [3.63, 3.8) is 0 Å². The lowest BCUT2D eigenvalue weighted by Crippen LogP contribution is -2.16. The average Bonchev–Trinajstić information content (AvgIpc) is 2.78. The number of benzene rings is 5. The Morgan fingerprint density at radius 1 is 0.633 bits per heavy atom. The van der Waals surface area contributed by atoms with Crippen LogP contribution in [0.4, 0.5) is 4.79 Å². The van der Waals surface area contributed by atoms with Crippen LogP contribution >= 0.6 is 0 Å². The van der Waals surface area contributed by atoms with Gasteiger partial charge in [0.2, 0.25) is 0 Å². The molecule has 0 fully saturated rings. The van der Waals surface area contributed by atoms with Crippen molar-refractivity contribution in [1.82, 2.24) is 0 Å². The minimum absolute atomic E-state index is 0.0760. The van der Waals surface area contributed by atoms with Crippen LogP contribution in [0.3, 0.4) is 0 Å². The molecule has 0 bridgehead atoms. The van der Waals surface area contributed by atoms with Gasteiger partial charge in [-0.15, -0.1) is 0 Å². The van der Waals surface area contributed by atoms with Gasteiger partial charge in [0.1, 0.15) is 17.1 Å². The summed E-state index contributed by atoms with van der Waals surface area (Å²) in [7, 11) is 1.27. The van der Waals surface area contributed by atoms with Crippen molar-refractivity contribution in [2.45, 2.75) is 0 Å². The first kappa shape index (κ1) is 17.9. The monoisotopic (exact) mass is 396 g/mol. The second-order valence-electron chi connectivity index (χ2n) is 6.86. The highest BCUT2D eigenvalue weighted by atomic mass is 16.7. The molecule has 5 aromatic rings. The van der Waals surface area contributed by atoms with Gasteiger partial charge in [-0.1, -0.05) is 54.6 Å². The standard InChI is InChI=1S/C25H16O5/c1-28-24(26)19-7-2-3-8-20(19)29-25(27)30-21-14-12-17-10-9-15-5-4-6-16-11-13-18(21)23(17)22(15)16/h2-14H,1H3. The van der Waals surface area contributed by atoms with Gasteiger partial charge in [0.15, 0.2) is 0 Å². The van der Waals surface area contributed by atoms with E-state index in [9.17, 15) is 9.59 Å². The average molecular weight is 396 g/mol. The number of rotatable bonds is 3. The van der Waals surface area contributed by atoms with E-state index in [1.807, 2.05) is 24.3 Å². The van der Waals surface area contributed by atoms with Crippen molar-refractivity contribution in [3.8, 4) is 11.5 Å². The predicted molar refractivity (Wildman–Crippen MR) is 115 cm³/mol. The number of para-hydroxylation sites is 1. The lowest BCUT2D eigenvalue weighted by Gasteiger charge is -2.14. The fourth-order valence-corrected chi connectivity index (χ4v) is 3.83. The van der Waals surface area contributed by atoms with Crippen LogP contribution in [0.5, 0.6) is 11.5 Å². The lowest BCUT2D eigenvalue weighted by atomic mass is 9.94. The molecule has 0 saturated carbocycles. The summed E-state index contributed by atoms with van der Waals surface area (Å²) in [4.78, 5) is 24.4. The third kappa shape index (κ3) is 2.88. The van der Waals surface area contributed by atoms with E-state index in [-0.39, 0.29) is 11.3 Å². The van der Waals surface area contributed by atoms with Crippen molar-refractivity contribution in [1.29, 1.82) is 0 Å². The van der Waals surface area contributed by atoms with E-state index in [0.717, 1.165) is 32.3 Å². The minimum Gasteiger partial charge on any atom is -0.465 e. The van der Waals surface area contributed by atoms with E-state index >= 15 is 0 Å². The van der Waals surface area contributed by atoms with Gasteiger partial charge in [-0.05, 0) is 45.8 Å². The molecular weight excluding hydrogens is 380 g/mol. The molecule has 0 saturated heterocycles. The summed E-state index contributed by atoms with van der Waals surface area (Å²) in [5.74, 6) is -0.130. The van der Waals surface area contributed by atoms with Crippen LogP contribution < -0.4 is 9.47 Å². The van der Waals surface area contributed by atoms with Gasteiger partial charge in [-0.2, -0.15) is 0 Å². The molecule has 0 heterocycles. The Hall–Kier alpha value is -4.12. The van der Waals surface area contributed by atoms with Crippen molar-refractivity contribution in [3.05, 3.63) is 84.4 Å². The Morgan fingerprint density at radius 2 is 1.27 bits per heavy atom. The zero-order chi connectivity index (χ0) is 20.7. The van der Waals surface area contributed by atoms with Crippen molar-refractivity contribution >= 4 is 44.4 Å². The van der Waals surface area contributed by atoms with Crippen molar-refractivity contribution in [2.24, 2.45) is 0 Å². The molecule has 5 aromatic carbocycles. The Balaban J connectivity index is 1.53. The van der Waals surface area contributed by atoms with Crippen LogP contribution in [0.15, 0.2) is 78.9 Å². The number of carbonyl (C=O) groups excluding carboxylic acids is 2. The summed E-state index contributed by atoms with van der Waals surface area (Å²) < 4.78 is 15.6. The predicted octanol–water partition coefficient (Wildman–Crippen LogP) is 5.95. The van der Waals surface area contributed by atoms with Crippen LogP contribution in [0.1, 0.15) is 10.4 Å². The highest BCUT2D eigenvalue weighted by Crippen LogP contribution is 2.38. The van der Waals surface area contributed by atoms with Gasteiger partial charge in [0.05, 0.1) is 7.11 Å². The lowest BCUT2D eigenvalue weighted by molar-refractivity contribution is 0.0597. The number of ether oxygens (including phenoxy) is 3. The van der Waals surface area contributed by atoms with E-state index in [1.165, 1.54) is 19.2 Å². The van der Waals surface area contributed by atoms with E-state index in [2.05, 4.69) is 24.3 Å². The Labute approximate surface area is 171 Å². The van der Waals surface area contributed by atoms with E-state index in [4.69, 9.17) is 14.2 Å². The highest BCUT2D eigenvalue weighted by Gasteiger charge is 2.18. The van der Waals surface area contributed by atoms with Crippen molar-refractivity contribution in [2.75, 3.05) is 7.11 Å². The molecule has 5 nitrogen and oxygen atoms in total. The van der Waals surface area contributed by atoms with Gasteiger partial charge in [-0.25, -0.2) is 9.59 Å². The SMILES string of the molecule is COC(=O)c1ccccc1OC(=O)Oc1ccc2ccc3cccc4ccc1c2c34. The molecule has 5 rings (SSSR count). The van der Waals surface area contributed by atoms with Gasteiger partial charge >= 0.3 is 12.1 Å². The first-order valence-corrected chi connectivity index (χ1v) is 9.39. The Kier molecular flexibility index (Phi) is 4.21. The first-order chi connectivity index (χ1) is 14.7. The van der Waals surface area contributed by atoms with Crippen LogP contribution in [-0.2, 0) is 4.74 Å². The summed E-state index contributed by atoms with van der Waals surface area (Å²) in [5.41, 5.74) is 0.146. The van der Waals surface area contributed by atoms with Crippen LogP contribution in [-0.4, -0.2) is 19.2 Å². The van der Waals surface area contributed by atoms with Crippen LogP contribution in [0.2, 0.25) is 0 Å². The van der Waals surface area contributed by atoms with Crippen molar-refractivity contribution < 1.29 is 23.8 Å². The van der Waals surface area contributed by atoms with E-state index in [0.29, 0.717) is 5.75 Å². The smallest absolute Gasteiger partial charge is 0.465 e. The van der Waals surface area contributed by atoms with Crippen LogP contribution in [0, 0.1) is 0 Å². The molecular formula is C25H16O5. The zero-order valence-corrected chi connectivity index (χ0v) is 16.0. The minimum atomic E-state index is -0.929. The summed E-state index contributed by atoms with van der Waals surface area (Å²) >= 11 is 0. The van der Waals surface area contributed by atoms with Crippen LogP contribution in [0.25, 0.3) is 32.3 Å². The molecule has 0 aliphatic rings. The Bertz CT molecular complexity index is 1400. The topological polar surface area (TPSA) is 61.8 Å². The number of esters is 1. The number of methoxy groups -OCH3 is 1. The molecule has 0 aliphatic heterocycles. The third-order valence-corrected chi connectivity index (χ3v) is 5.17. The normalized spacial score (nSPS) is 11.1. The fourth-order valence-electron chi connectivity index (χ4n) is 3.83. The molecule has 0 atom stereocenters. The highest BCUT2D eigenvalue weighted by molar-refractivity contribution is 6.24. The summed E-state index contributed by atoms with van der Waals surface area (Å²) in [6, 6.07) is 24.2. The molecule has 0 unspecified atom stereocenters. The summed E-state index contributed by atoms with van der Waals surface area (Å²) in [6.07, 6.45) is -0.929. The fraction of sp³-hybridized carbons (Fsp3) is 0.0400. The van der Waals surface area contributed by atoms with Gasteiger partial charge in [0, 0.05) is 10.8 Å². The molecule has 0 spiro atoms. The van der Waals surface area contributed by atoms with Gasteiger partial charge < -0.3 is 14.2 Å². The molecule has 0 aromatic heterocycles. The number of carbonyl (C=O) groups is 2. The quantitative estimate of drug-likeness (QED) is 0.214. The molecule has 5 heteroatoms. The van der Waals surface area contributed by atoms with E-state index in [1.54, 1.807) is 18.2 Å². The molecule has 0 N–H and O–H groups in total. The molecule has 146 valence electrons. The first-order valence-electron chi connectivity index (χ1n) is 9.39. The van der Waals surface area contributed by atoms with Gasteiger partial charge in [0.25, 0.3) is 0 Å².